The van der Waals surface area contributed by atoms with Crippen LogP contribution < -0.4 is 16.0 Å². The molecule has 5 heteroatoms. The van der Waals surface area contributed by atoms with Crippen molar-refractivity contribution in [1.29, 1.82) is 0 Å². The molecule has 1 aromatic carbocycles. The number of nitrogens with zero attached hydrogens (tertiary/aromatic N) is 1. The van der Waals surface area contributed by atoms with Crippen LogP contribution in [0.2, 0.25) is 0 Å². The molecule has 0 radical (unpaired) electrons. The van der Waals surface area contributed by atoms with Crippen LogP contribution >= 0.6 is 0 Å². The van der Waals surface area contributed by atoms with Crippen molar-refractivity contribution >= 4 is 10.9 Å². The van der Waals surface area contributed by atoms with E-state index in [0.29, 0.717) is 35.4 Å². The molecule has 0 spiro atoms. The van der Waals surface area contributed by atoms with Crippen LogP contribution in [0.15, 0.2) is 23.0 Å². The zero-order valence-corrected chi connectivity index (χ0v) is 8.99. The lowest BCUT2D eigenvalue weighted by Crippen LogP contribution is -2.15. The monoisotopic (exact) mass is 219 g/mol. The van der Waals surface area contributed by atoms with Gasteiger partial charge in [-0.15, -0.1) is 0 Å². The van der Waals surface area contributed by atoms with Crippen molar-refractivity contribution in [3.8, 4) is 5.75 Å². The normalized spacial score (nSPS) is 10.6. The largest absolute Gasteiger partial charge is 0.497 e. The summed E-state index contributed by atoms with van der Waals surface area (Å²) >= 11 is 0. The van der Waals surface area contributed by atoms with Gasteiger partial charge in [0, 0.05) is 12.5 Å². The molecular weight excluding hydrogens is 206 g/mol. The molecular formula is C11H13N3O2. The fraction of sp³-hybridized carbons (Fsp3) is 0.273. The first kappa shape index (κ1) is 10.6. The van der Waals surface area contributed by atoms with Gasteiger partial charge in [0.2, 0.25) is 0 Å². The molecule has 0 saturated heterocycles. The van der Waals surface area contributed by atoms with E-state index >= 15 is 0 Å². The molecule has 16 heavy (non-hydrogen) atoms. The molecule has 2 aromatic rings. The van der Waals surface area contributed by atoms with E-state index in [1.807, 2.05) is 0 Å². The van der Waals surface area contributed by atoms with Gasteiger partial charge in [-0.1, -0.05) is 0 Å². The number of rotatable bonds is 3. The van der Waals surface area contributed by atoms with E-state index in [2.05, 4.69) is 9.97 Å². The molecule has 0 aliphatic rings. The highest BCUT2D eigenvalue weighted by atomic mass is 16.5. The number of H-pyrrole nitrogens is 1. The molecule has 0 bridgehead atoms. The van der Waals surface area contributed by atoms with Crippen LogP contribution in [-0.2, 0) is 6.42 Å². The summed E-state index contributed by atoms with van der Waals surface area (Å²) in [4.78, 5) is 18.7. The maximum Gasteiger partial charge on any atom is 0.258 e. The van der Waals surface area contributed by atoms with Crippen LogP contribution in [0, 0.1) is 0 Å². The van der Waals surface area contributed by atoms with Crippen molar-refractivity contribution < 1.29 is 4.74 Å². The van der Waals surface area contributed by atoms with Crippen LogP contribution in [0.3, 0.4) is 0 Å². The Bertz CT molecular complexity index is 563. The van der Waals surface area contributed by atoms with Crippen LogP contribution in [0.1, 0.15) is 5.82 Å². The number of aromatic nitrogens is 2. The van der Waals surface area contributed by atoms with Crippen LogP contribution in [0.4, 0.5) is 0 Å². The highest BCUT2D eigenvalue weighted by Crippen LogP contribution is 2.16. The molecule has 0 saturated carbocycles. The Morgan fingerprint density at radius 2 is 2.31 bits per heavy atom. The average Bonchev–Trinajstić information content (AvgIpc) is 2.28. The number of aromatic amines is 1. The van der Waals surface area contributed by atoms with Gasteiger partial charge in [-0.05, 0) is 18.7 Å². The van der Waals surface area contributed by atoms with E-state index in [0.717, 1.165) is 0 Å². The highest BCUT2D eigenvalue weighted by Gasteiger charge is 2.04. The topological polar surface area (TPSA) is 81.0 Å². The van der Waals surface area contributed by atoms with Crippen LogP contribution in [0.25, 0.3) is 10.9 Å². The standard InChI is InChI=1S/C11H13N3O2/c1-16-7-2-3-8-9(6-7)13-10(4-5-12)14-11(8)15/h2-3,6H,4-5,12H2,1H3,(H,13,14,15). The Morgan fingerprint density at radius 1 is 1.50 bits per heavy atom. The van der Waals surface area contributed by atoms with Gasteiger partial charge in [0.15, 0.2) is 0 Å². The third kappa shape index (κ3) is 1.90. The number of ether oxygens (including phenoxy) is 1. The van der Waals surface area contributed by atoms with E-state index in [-0.39, 0.29) is 5.56 Å². The Labute approximate surface area is 92.3 Å². The third-order valence-corrected chi connectivity index (χ3v) is 2.34. The number of nitrogens with two attached hydrogens (primary N) is 1. The summed E-state index contributed by atoms with van der Waals surface area (Å²) in [6.07, 6.45) is 0.558. The predicted octanol–water partition coefficient (Wildman–Crippen LogP) is 0.433. The van der Waals surface area contributed by atoms with Gasteiger partial charge >= 0.3 is 0 Å². The quantitative estimate of drug-likeness (QED) is 0.784. The van der Waals surface area contributed by atoms with Crippen molar-refractivity contribution in [1.82, 2.24) is 9.97 Å². The Kier molecular flexibility index (Phi) is 2.87. The van der Waals surface area contributed by atoms with E-state index < -0.39 is 0 Å². The van der Waals surface area contributed by atoms with Crippen molar-refractivity contribution in [3.05, 3.63) is 34.4 Å². The Morgan fingerprint density at radius 3 is 3.00 bits per heavy atom. The Balaban J connectivity index is 2.63. The lowest BCUT2D eigenvalue weighted by molar-refractivity contribution is 0.415. The second kappa shape index (κ2) is 4.32. The summed E-state index contributed by atoms with van der Waals surface area (Å²) in [5.41, 5.74) is 5.91. The summed E-state index contributed by atoms with van der Waals surface area (Å²) in [6.45, 7) is 0.457. The predicted molar refractivity (Wildman–Crippen MR) is 61.7 cm³/mol. The minimum atomic E-state index is -0.142. The second-order valence-electron chi connectivity index (χ2n) is 3.43. The fourth-order valence-electron chi connectivity index (χ4n) is 1.55. The van der Waals surface area contributed by atoms with Gasteiger partial charge in [0.1, 0.15) is 11.6 Å². The lowest BCUT2D eigenvalue weighted by Gasteiger charge is -2.03. The van der Waals surface area contributed by atoms with Crippen molar-refractivity contribution in [2.75, 3.05) is 13.7 Å². The minimum Gasteiger partial charge on any atom is -0.497 e. The summed E-state index contributed by atoms with van der Waals surface area (Å²) in [6, 6.07) is 5.18. The molecule has 0 aliphatic carbocycles. The average molecular weight is 219 g/mol. The van der Waals surface area contributed by atoms with E-state index in [4.69, 9.17) is 10.5 Å². The molecule has 1 aromatic heterocycles. The van der Waals surface area contributed by atoms with E-state index in [1.165, 1.54) is 0 Å². The van der Waals surface area contributed by atoms with Gasteiger partial charge < -0.3 is 15.5 Å². The van der Waals surface area contributed by atoms with Crippen molar-refractivity contribution in [2.45, 2.75) is 6.42 Å². The maximum absolute atomic E-state index is 11.7. The zero-order chi connectivity index (χ0) is 11.5. The zero-order valence-electron chi connectivity index (χ0n) is 8.99. The molecule has 3 N–H and O–H groups in total. The Hall–Kier alpha value is -1.88. The van der Waals surface area contributed by atoms with Gasteiger partial charge in [-0.3, -0.25) is 4.79 Å². The fourth-order valence-corrected chi connectivity index (χ4v) is 1.55. The number of nitrogens with one attached hydrogen (secondary N) is 1. The van der Waals surface area contributed by atoms with Gasteiger partial charge in [-0.2, -0.15) is 0 Å². The summed E-state index contributed by atoms with van der Waals surface area (Å²) in [5.74, 6) is 1.29. The molecule has 1 heterocycles. The number of hydrogen-bond acceptors (Lipinski definition) is 4. The smallest absolute Gasteiger partial charge is 0.258 e. The molecule has 2 rings (SSSR count). The number of fused-ring (bicyclic) bond motifs is 1. The summed E-state index contributed by atoms with van der Waals surface area (Å²) in [5, 5.41) is 0.557. The third-order valence-electron chi connectivity index (χ3n) is 2.34. The molecule has 0 aliphatic heterocycles. The summed E-state index contributed by atoms with van der Waals surface area (Å²) < 4.78 is 5.09. The molecule has 84 valence electrons. The van der Waals surface area contributed by atoms with E-state index in [9.17, 15) is 4.79 Å². The molecule has 0 unspecified atom stereocenters. The van der Waals surface area contributed by atoms with Crippen LogP contribution in [-0.4, -0.2) is 23.6 Å². The molecule has 0 fully saturated rings. The molecule has 5 nitrogen and oxygen atoms in total. The maximum atomic E-state index is 11.7. The second-order valence-corrected chi connectivity index (χ2v) is 3.43. The van der Waals surface area contributed by atoms with Crippen molar-refractivity contribution in [3.63, 3.8) is 0 Å². The number of methoxy groups -OCH3 is 1. The van der Waals surface area contributed by atoms with Crippen LogP contribution in [0.5, 0.6) is 5.75 Å². The number of hydrogen-bond donors (Lipinski definition) is 2. The molecule has 0 amide bonds. The summed E-state index contributed by atoms with van der Waals surface area (Å²) in [7, 11) is 1.58. The van der Waals surface area contributed by atoms with Crippen molar-refractivity contribution in [2.24, 2.45) is 5.73 Å². The lowest BCUT2D eigenvalue weighted by atomic mass is 10.2. The number of benzene rings is 1. The molecule has 0 atom stereocenters. The SMILES string of the molecule is COc1ccc2c(=O)[nH]c(CCN)nc2c1. The first-order valence-corrected chi connectivity index (χ1v) is 5.01. The minimum absolute atomic E-state index is 0.142. The first-order valence-electron chi connectivity index (χ1n) is 5.01. The van der Waals surface area contributed by atoms with Gasteiger partial charge in [0.05, 0.1) is 18.0 Å². The highest BCUT2D eigenvalue weighted by molar-refractivity contribution is 5.78. The van der Waals surface area contributed by atoms with Gasteiger partial charge in [-0.25, -0.2) is 4.98 Å². The first-order chi connectivity index (χ1) is 7.74. The van der Waals surface area contributed by atoms with E-state index in [1.54, 1.807) is 25.3 Å². The van der Waals surface area contributed by atoms with Gasteiger partial charge in [0.25, 0.3) is 5.56 Å².